The number of aliphatic hydroxyl groups excluding tert-OH is 1. The van der Waals surface area contributed by atoms with Crippen molar-refractivity contribution >= 4 is 0 Å². The van der Waals surface area contributed by atoms with Crippen LogP contribution in [0.3, 0.4) is 0 Å². The monoisotopic (exact) mass is 248 g/mol. The molecule has 3 heteroatoms. The molecular formula is C15H24N2O. The van der Waals surface area contributed by atoms with Gasteiger partial charge in [0, 0.05) is 25.7 Å². The van der Waals surface area contributed by atoms with E-state index in [-0.39, 0.29) is 12.6 Å². The summed E-state index contributed by atoms with van der Waals surface area (Å²) >= 11 is 0. The SMILES string of the molecule is CC1CNC(CO)CN(CCc2ccccc2)C1. The molecule has 2 N–H and O–H groups in total. The molecular weight excluding hydrogens is 224 g/mol. The molecule has 1 heterocycles. The summed E-state index contributed by atoms with van der Waals surface area (Å²) < 4.78 is 0. The van der Waals surface area contributed by atoms with Crippen LogP contribution in [-0.4, -0.2) is 48.8 Å². The predicted octanol–water partition coefficient (Wildman–Crippen LogP) is 1.13. The molecule has 100 valence electrons. The zero-order chi connectivity index (χ0) is 12.8. The average molecular weight is 248 g/mol. The first-order valence-electron chi connectivity index (χ1n) is 6.88. The standard InChI is InChI=1S/C15H24N2O/c1-13-9-16-15(12-18)11-17(10-13)8-7-14-5-3-2-4-6-14/h2-6,13,15-16,18H,7-12H2,1H3. The van der Waals surface area contributed by atoms with Gasteiger partial charge >= 0.3 is 0 Å². The van der Waals surface area contributed by atoms with Crippen LogP contribution in [0.4, 0.5) is 0 Å². The third-order valence-corrected chi connectivity index (χ3v) is 3.58. The summed E-state index contributed by atoms with van der Waals surface area (Å²) in [6, 6.07) is 10.8. The lowest BCUT2D eigenvalue weighted by molar-refractivity contribution is 0.198. The summed E-state index contributed by atoms with van der Waals surface area (Å²) in [7, 11) is 0. The first kappa shape index (κ1) is 13.5. The highest BCUT2D eigenvalue weighted by molar-refractivity contribution is 5.14. The van der Waals surface area contributed by atoms with Crippen LogP contribution < -0.4 is 5.32 Å². The second kappa shape index (κ2) is 6.88. The molecule has 1 aliphatic rings. The van der Waals surface area contributed by atoms with Crippen molar-refractivity contribution < 1.29 is 5.11 Å². The van der Waals surface area contributed by atoms with Crippen LogP contribution >= 0.6 is 0 Å². The lowest BCUT2D eigenvalue weighted by atomic mass is 10.1. The zero-order valence-corrected chi connectivity index (χ0v) is 11.2. The fourth-order valence-corrected chi connectivity index (χ4v) is 2.56. The molecule has 1 saturated heterocycles. The van der Waals surface area contributed by atoms with E-state index >= 15 is 0 Å². The van der Waals surface area contributed by atoms with Crippen LogP contribution in [0.1, 0.15) is 12.5 Å². The molecule has 0 aliphatic carbocycles. The Bertz CT molecular complexity index is 342. The molecule has 2 rings (SSSR count). The third kappa shape index (κ3) is 4.09. The minimum Gasteiger partial charge on any atom is -0.395 e. The Hall–Kier alpha value is -0.900. The highest BCUT2D eigenvalue weighted by Crippen LogP contribution is 2.08. The molecule has 1 fully saturated rings. The van der Waals surface area contributed by atoms with Gasteiger partial charge in [-0.2, -0.15) is 0 Å². The zero-order valence-electron chi connectivity index (χ0n) is 11.2. The summed E-state index contributed by atoms with van der Waals surface area (Å²) in [5.74, 6) is 0.650. The Morgan fingerprint density at radius 1 is 1.28 bits per heavy atom. The number of nitrogens with one attached hydrogen (secondary N) is 1. The third-order valence-electron chi connectivity index (χ3n) is 3.58. The van der Waals surface area contributed by atoms with E-state index in [1.165, 1.54) is 5.56 Å². The summed E-state index contributed by atoms with van der Waals surface area (Å²) in [6.45, 7) is 6.65. The topological polar surface area (TPSA) is 35.5 Å². The lowest BCUT2D eigenvalue weighted by Gasteiger charge is -2.24. The van der Waals surface area contributed by atoms with Crippen molar-refractivity contribution in [2.45, 2.75) is 19.4 Å². The number of aliphatic hydroxyl groups is 1. The average Bonchev–Trinajstić information content (AvgIpc) is 2.59. The summed E-state index contributed by atoms with van der Waals surface area (Å²) in [4.78, 5) is 2.47. The van der Waals surface area contributed by atoms with Crippen LogP contribution in [0.15, 0.2) is 30.3 Å². The van der Waals surface area contributed by atoms with Crippen molar-refractivity contribution in [1.82, 2.24) is 10.2 Å². The van der Waals surface area contributed by atoms with Crippen LogP contribution in [0.2, 0.25) is 0 Å². The molecule has 1 aromatic carbocycles. The van der Waals surface area contributed by atoms with Gasteiger partial charge in [-0.25, -0.2) is 0 Å². The molecule has 18 heavy (non-hydrogen) atoms. The minimum atomic E-state index is 0.228. The Morgan fingerprint density at radius 3 is 2.78 bits per heavy atom. The normalized spacial score (nSPS) is 25.9. The molecule has 0 aromatic heterocycles. The molecule has 0 spiro atoms. The number of hydrogen-bond donors (Lipinski definition) is 2. The van der Waals surface area contributed by atoms with E-state index < -0.39 is 0 Å². The van der Waals surface area contributed by atoms with E-state index in [0.717, 1.165) is 32.6 Å². The van der Waals surface area contributed by atoms with Gasteiger partial charge in [-0.05, 0) is 24.4 Å². The van der Waals surface area contributed by atoms with Gasteiger partial charge in [-0.15, -0.1) is 0 Å². The molecule has 0 amide bonds. The van der Waals surface area contributed by atoms with Crippen LogP contribution in [-0.2, 0) is 6.42 Å². The van der Waals surface area contributed by atoms with Crippen molar-refractivity contribution in [3.8, 4) is 0 Å². The molecule has 0 saturated carbocycles. The fraction of sp³-hybridized carbons (Fsp3) is 0.600. The molecule has 3 nitrogen and oxygen atoms in total. The molecule has 2 unspecified atom stereocenters. The van der Waals surface area contributed by atoms with Crippen molar-refractivity contribution in [2.24, 2.45) is 5.92 Å². The number of nitrogens with zero attached hydrogens (tertiary/aromatic N) is 1. The summed E-state index contributed by atoms with van der Waals surface area (Å²) in [6.07, 6.45) is 1.09. The van der Waals surface area contributed by atoms with Crippen molar-refractivity contribution in [3.63, 3.8) is 0 Å². The highest BCUT2D eigenvalue weighted by Gasteiger charge is 2.20. The summed E-state index contributed by atoms with van der Waals surface area (Å²) in [5.41, 5.74) is 1.39. The number of benzene rings is 1. The van der Waals surface area contributed by atoms with Crippen molar-refractivity contribution in [1.29, 1.82) is 0 Å². The maximum Gasteiger partial charge on any atom is 0.0597 e. The van der Waals surface area contributed by atoms with Gasteiger partial charge in [-0.1, -0.05) is 37.3 Å². The van der Waals surface area contributed by atoms with Gasteiger partial charge in [0.25, 0.3) is 0 Å². The van der Waals surface area contributed by atoms with E-state index in [0.29, 0.717) is 5.92 Å². The van der Waals surface area contributed by atoms with Crippen molar-refractivity contribution in [2.75, 3.05) is 32.8 Å². The Labute approximate surface area is 110 Å². The van der Waals surface area contributed by atoms with Gasteiger partial charge in [0.05, 0.1) is 6.61 Å². The maximum atomic E-state index is 9.32. The first-order chi connectivity index (χ1) is 8.78. The highest BCUT2D eigenvalue weighted by atomic mass is 16.3. The van der Waals surface area contributed by atoms with Gasteiger partial charge < -0.3 is 15.3 Å². The Kier molecular flexibility index (Phi) is 5.17. The van der Waals surface area contributed by atoms with E-state index in [1.807, 2.05) is 0 Å². The second-order valence-electron chi connectivity index (χ2n) is 5.39. The molecule has 1 aromatic rings. The lowest BCUT2D eigenvalue weighted by Crippen LogP contribution is -2.40. The van der Waals surface area contributed by atoms with E-state index in [1.54, 1.807) is 0 Å². The number of rotatable bonds is 4. The van der Waals surface area contributed by atoms with Crippen LogP contribution in [0.5, 0.6) is 0 Å². The Balaban J connectivity index is 1.86. The quantitative estimate of drug-likeness (QED) is 0.838. The van der Waals surface area contributed by atoms with Gasteiger partial charge in [0.15, 0.2) is 0 Å². The van der Waals surface area contributed by atoms with Crippen molar-refractivity contribution in [3.05, 3.63) is 35.9 Å². The molecule has 2 atom stereocenters. The van der Waals surface area contributed by atoms with Crippen LogP contribution in [0.25, 0.3) is 0 Å². The predicted molar refractivity (Wildman–Crippen MR) is 74.6 cm³/mol. The minimum absolute atomic E-state index is 0.228. The molecule has 0 radical (unpaired) electrons. The second-order valence-corrected chi connectivity index (χ2v) is 5.39. The molecule has 0 bridgehead atoms. The summed E-state index contributed by atoms with van der Waals surface area (Å²) in [5, 5.41) is 12.7. The largest absolute Gasteiger partial charge is 0.395 e. The van der Waals surface area contributed by atoms with Gasteiger partial charge in [0.1, 0.15) is 0 Å². The smallest absolute Gasteiger partial charge is 0.0597 e. The van der Waals surface area contributed by atoms with Gasteiger partial charge in [-0.3, -0.25) is 0 Å². The fourth-order valence-electron chi connectivity index (χ4n) is 2.56. The van der Waals surface area contributed by atoms with E-state index in [2.05, 4.69) is 47.5 Å². The molecule has 1 aliphatic heterocycles. The first-order valence-corrected chi connectivity index (χ1v) is 6.88. The Morgan fingerprint density at radius 2 is 2.06 bits per heavy atom. The number of hydrogen-bond acceptors (Lipinski definition) is 3. The van der Waals surface area contributed by atoms with E-state index in [4.69, 9.17) is 0 Å². The van der Waals surface area contributed by atoms with Gasteiger partial charge in [0.2, 0.25) is 0 Å². The van der Waals surface area contributed by atoms with E-state index in [9.17, 15) is 5.11 Å². The van der Waals surface area contributed by atoms with Crippen LogP contribution in [0, 0.1) is 5.92 Å². The maximum absolute atomic E-state index is 9.32.